The zero-order valence-corrected chi connectivity index (χ0v) is 12.2. The maximum Gasteiger partial charge on any atom is 0.126 e. The molecular weight excluding hydrogens is 282 g/mol. The van der Waals surface area contributed by atoms with Gasteiger partial charge in [-0.1, -0.05) is 15.9 Å². The molecule has 1 atom stereocenters. The number of ether oxygens (including phenoxy) is 2. The van der Waals surface area contributed by atoms with Gasteiger partial charge in [-0.2, -0.15) is 0 Å². The molecular formula is C13H20BrNO2. The van der Waals surface area contributed by atoms with Crippen LogP contribution in [0.15, 0.2) is 16.6 Å². The first kappa shape index (κ1) is 14.5. The zero-order valence-electron chi connectivity index (χ0n) is 10.6. The topological polar surface area (TPSA) is 44.5 Å². The highest BCUT2D eigenvalue weighted by molar-refractivity contribution is 9.10. The first-order valence-electron chi connectivity index (χ1n) is 5.73. The Morgan fingerprint density at radius 1 is 1.41 bits per heavy atom. The summed E-state index contributed by atoms with van der Waals surface area (Å²) in [6.45, 7) is 5.24. The Hall–Kier alpha value is -0.580. The Morgan fingerprint density at radius 2 is 2.12 bits per heavy atom. The van der Waals surface area contributed by atoms with Crippen molar-refractivity contribution in [2.75, 3.05) is 20.3 Å². The number of benzene rings is 1. The van der Waals surface area contributed by atoms with Crippen molar-refractivity contribution in [1.29, 1.82) is 0 Å². The molecule has 17 heavy (non-hydrogen) atoms. The summed E-state index contributed by atoms with van der Waals surface area (Å²) in [7, 11) is 1.68. The summed E-state index contributed by atoms with van der Waals surface area (Å²) in [6, 6.07) is 4.11. The van der Waals surface area contributed by atoms with Crippen LogP contribution < -0.4 is 10.5 Å². The van der Waals surface area contributed by atoms with Crippen LogP contribution in [0, 0.1) is 6.92 Å². The second-order valence-electron chi connectivity index (χ2n) is 4.13. The molecule has 0 aliphatic rings. The van der Waals surface area contributed by atoms with Crippen LogP contribution in [0.2, 0.25) is 0 Å². The van der Waals surface area contributed by atoms with Crippen LogP contribution in [0.5, 0.6) is 5.75 Å². The highest BCUT2D eigenvalue weighted by atomic mass is 79.9. The van der Waals surface area contributed by atoms with Crippen molar-refractivity contribution < 1.29 is 9.47 Å². The van der Waals surface area contributed by atoms with Gasteiger partial charge in [-0.05, 0) is 50.1 Å². The predicted molar refractivity (Wildman–Crippen MR) is 73.6 cm³/mol. The van der Waals surface area contributed by atoms with Crippen LogP contribution >= 0.6 is 15.9 Å². The maximum absolute atomic E-state index is 5.92. The van der Waals surface area contributed by atoms with Gasteiger partial charge in [0.1, 0.15) is 11.9 Å². The van der Waals surface area contributed by atoms with Crippen LogP contribution in [-0.2, 0) is 11.2 Å². The second-order valence-corrected chi connectivity index (χ2v) is 5.05. The smallest absolute Gasteiger partial charge is 0.126 e. The molecule has 1 aromatic rings. The molecule has 1 aromatic carbocycles. The Balaban J connectivity index is 2.95. The van der Waals surface area contributed by atoms with Crippen molar-refractivity contribution in [2.45, 2.75) is 26.4 Å². The monoisotopic (exact) mass is 301 g/mol. The molecule has 0 radical (unpaired) electrons. The first-order chi connectivity index (χ1) is 8.08. The lowest BCUT2D eigenvalue weighted by Crippen LogP contribution is -2.19. The van der Waals surface area contributed by atoms with Gasteiger partial charge in [0.25, 0.3) is 0 Å². The Labute approximate surface area is 111 Å². The summed E-state index contributed by atoms with van der Waals surface area (Å²) < 4.78 is 12.1. The van der Waals surface area contributed by atoms with Gasteiger partial charge in [-0.15, -0.1) is 0 Å². The highest BCUT2D eigenvalue weighted by Gasteiger charge is 2.12. The minimum Gasteiger partial charge on any atom is -0.488 e. The van der Waals surface area contributed by atoms with Gasteiger partial charge in [0, 0.05) is 11.6 Å². The summed E-state index contributed by atoms with van der Waals surface area (Å²) in [5.41, 5.74) is 7.88. The Kier molecular flexibility index (Phi) is 5.95. The molecule has 0 saturated heterocycles. The maximum atomic E-state index is 5.92. The molecule has 0 fully saturated rings. The number of hydrogen-bond acceptors (Lipinski definition) is 3. The molecule has 1 unspecified atom stereocenters. The van der Waals surface area contributed by atoms with Crippen molar-refractivity contribution >= 4 is 15.9 Å². The number of halogens is 1. The molecule has 2 N–H and O–H groups in total. The minimum atomic E-state index is 0.0383. The summed E-state index contributed by atoms with van der Waals surface area (Å²) in [5, 5.41) is 0. The van der Waals surface area contributed by atoms with Crippen molar-refractivity contribution in [2.24, 2.45) is 5.73 Å². The minimum absolute atomic E-state index is 0.0383. The summed E-state index contributed by atoms with van der Waals surface area (Å²) in [4.78, 5) is 0. The average molecular weight is 302 g/mol. The second kappa shape index (κ2) is 6.99. The Morgan fingerprint density at radius 3 is 2.71 bits per heavy atom. The van der Waals surface area contributed by atoms with E-state index in [0.717, 1.165) is 27.8 Å². The fourth-order valence-corrected chi connectivity index (χ4v) is 2.40. The summed E-state index contributed by atoms with van der Waals surface area (Å²) >= 11 is 3.49. The third kappa shape index (κ3) is 4.30. The SMILES string of the molecule is COCC(C)Oc1c(C)cc(Br)cc1CCN. The number of methoxy groups -OCH3 is 1. The first-order valence-corrected chi connectivity index (χ1v) is 6.52. The van der Waals surface area contributed by atoms with Gasteiger partial charge < -0.3 is 15.2 Å². The van der Waals surface area contributed by atoms with E-state index in [1.807, 2.05) is 13.8 Å². The Bertz CT molecular complexity index is 369. The average Bonchev–Trinajstić information content (AvgIpc) is 2.24. The lowest BCUT2D eigenvalue weighted by Gasteiger charge is -2.19. The largest absolute Gasteiger partial charge is 0.488 e. The fraction of sp³-hybridized carbons (Fsp3) is 0.538. The van der Waals surface area contributed by atoms with Gasteiger partial charge in [0.05, 0.1) is 6.61 Å². The standard InChI is InChI=1S/C13H20BrNO2/c1-9-6-12(14)7-11(4-5-15)13(9)17-10(2)8-16-3/h6-7,10H,4-5,8,15H2,1-3H3. The molecule has 0 aromatic heterocycles. The van der Waals surface area contributed by atoms with Crippen LogP contribution in [0.1, 0.15) is 18.1 Å². The van der Waals surface area contributed by atoms with E-state index in [4.69, 9.17) is 15.2 Å². The van der Waals surface area contributed by atoms with E-state index in [-0.39, 0.29) is 6.10 Å². The molecule has 0 spiro atoms. The van der Waals surface area contributed by atoms with E-state index in [9.17, 15) is 0 Å². The van der Waals surface area contributed by atoms with Gasteiger partial charge in [-0.3, -0.25) is 0 Å². The normalized spacial score (nSPS) is 12.5. The molecule has 0 heterocycles. The van der Waals surface area contributed by atoms with Crippen LogP contribution in [-0.4, -0.2) is 26.4 Å². The van der Waals surface area contributed by atoms with Gasteiger partial charge in [-0.25, -0.2) is 0 Å². The molecule has 0 aliphatic carbocycles. The molecule has 3 nitrogen and oxygen atoms in total. The third-order valence-electron chi connectivity index (χ3n) is 2.45. The lowest BCUT2D eigenvalue weighted by molar-refractivity contribution is 0.0909. The van der Waals surface area contributed by atoms with E-state index >= 15 is 0 Å². The molecule has 4 heteroatoms. The number of aryl methyl sites for hydroxylation is 1. The van der Waals surface area contributed by atoms with Crippen LogP contribution in [0.25, 0.3) is 0 Å². The quantitative estimate of drug-likeness (QED) is 0.878. The third-order valence-corrected chi connectivity index (χ3v) is 2.91. The van der Waals surface area contributed by atoms with Gasteiger partial charge >= 0.3 is 0 Å². The van der Waals surface area contributed by atoms with E-state index < -0.39 is 0 Å². The van der Waals surface area contributed by atoms with Crippen LogP contribution in [0.4, 0.5) is 0 Å². The van der Waals surface area contributed by atoms with E-state index in [1.165, 1.54) is 0 Å². The molecule has 0 bridgehead atoms. The highest BCUT2D eigenvalue weighted by Crippen LogP contribution is 2.29. The zero-order chi connectivity index (χ0) is 12.8. The van der Waals surface area contributed by atoms with E-state index in [2.05, 4.69) is 28.1 Å². The van der Waals surface area contributed by atoms with Crippen molar-refractivity contribution in [3.63, 3.8) is 0 Å². The molecule has 96 valence electrons. The summed E-state index contributed by atoms with van der Waals surface area (Å²) in [6.07, 6.45) is 0.853. The van der Waals surface area contributed by atoms with Crippen molar-refractivity contribution in [1.82, 2.24) is 0 Å². The number of rotatable bonds is 6. The molecule has 0 aliphatic heterocycles. The van der Waals surface area contributed by atoms with Crippen molar-refractivity contribution in [3.05, 3.63) is 27.7 Å². The molecule has 1 rings (SSSR count). The fourth-order valence-electron chi connectivity index (χ4n) is 1.78. The molecule has 0 amide bonds. The van der Waals surface area contributed by atoms with Gasteiger partial charge in [0.15, 0.2) is 0 Å². The predicted octanol–water partition coefficient (Wildman–Crippen LogP) is 2.67. The van der Waals surface area contributed by atoms with Crippen molar-refractivity contribution in [3.8, 4) is 5.75 Å². The lowest BCUT2D eigenvalue weighted by atomic mass is 10.1. The number of hydrogen-bond donors (Lipinski definition) is 1. The van der Waals surface area contributed by atoms with Gasteiger partial charge in [0.2, 0.25) is 0 Å². The summed E-state index contributed by atoms with van der Waals surface area (Å²) in [5.74, 6) is 0.934. The number of nitrogens with two attached hydrogens (primary N) is 1. The molecule has 0 saturated carbocycles. The van der Waals surface area contributed by atoms with E-state index in [1.54, 1.807) is 7.11 Å². The van der Waals surface area contributed by atoms with E-state index in [0.29, 0.717) is 13.2 Å². The van der Waals surface area contributed by atoms with Crippen LogP contribution in [0.3, 0.4) is 0 Å².